The van der Waals surface area contributed by atoms with Crippen LogP contribution >= 0.6 is 0 Å². The van der Waals surface area contributed by atoms with E-state index in [0.717, 1.165) is 5.56 Å². The van der Waals surface area contributed by atoms with Crippen LogP contribution in [-0.2, 0) is 20.9 Å². The highest BCUT2D eigenvalue weighted by Gasteiger charge is 2.33. The molecule has 2 aliphatic heterocycles. The topological polar surface area (TPSA) is 81.8 Å². The average Bonchev–Trinajstić information content (AvgIpc) is 2.58. The minimum absolute atomic E-state index is 0.00836. The van der Waals surface area contributed by atoms with Crippen LogP contribution in [-0.4, -0.2) is 66.3 Å². The second-order valence-corrected chi connectivity index (χ2v) is 6.28. The molecule has 0 spiro atoms. The Hall–Kier alpha value is -2.48. The summed E-state index contributed by atoms with van der Waals surface area (Å²) in [6, 6.07) is 5.61. The fraction of sp³-hybridized carbons (Fsp3) is 0.471. The van der Waals surface area contributed by atoms with E-state index in [0.29, 0.717) is 32.7 Å². The molecule has 3 amide bonds. The molecule has 2 fully saturated rings. The number of hydrogen-bond acceptors (Lipinski definition) is 4. The minimum atomic E-state index is -0.616. The fourth-order valence-electron chi connectivity index (χ4n) is 3.19. The van der Waals surface area contributed by atoms with E-state index in [9.17, 15) is 18.8 Å². The Kier molecular flexibility index (Phi) is 5.28. The van der Waals surface area contributed by atoms with Crippen molar-refractivity contribution in [3.63, 3.8) is 0 Å². The Morgan fingerprint density at radius 1 is 1.20 bits per heavy atom. The summed E-state index contributed by atoms with van der Waals surface area (Å²) in [6.45, 7) is 2.36. The van der Waals surface area contributed by atoms with Crippen LogP contribution in [0.2, 0.25) is 0 Å². The van der Waals surface area contributed by atoms with Gasteiger partial charge in [0.15, 0.2) is 0 Å². The van der Waals surface area contributed by atoms with Gasteiger partial charge >= 0.3 is 0 Å². The first-order valence-electron chi connectivity index (χ1n) is 8.33. The number of hydrogen-bond donors (Lipinski definition) is 2. The Labute approximate surface area is 145 Å². The Morgan fingerprint density at radius 2 is 2.00 bits per heavy atom. The first-order valence-corrected chi connectivity index (χ1v) is 8.33. The van der Waals surface area contributed by atoms with Crippen molar-refractivity contribution < 1.29 is 18.8 Å². The average molecular weight is 348 g/mol. The predicted molar refractivity (Wildman–Crippen MR) is 87.8 cm³/mol. The molecule has 0 bridgehead atoms. The highest BCUT2D eigenvalue weighted by Crippen LogP contribution is 2.16. The molecule has 2 saturated heterocycles. The third-order valence-corrected chi connectivity index (χ3v) is 4.48. The number of carbonyl (C=O) groups excluding carboxylic acids is 3. The van der Waals surface area contributed by atoms with E-state index >= 15 is 0 Å². The van der Waals surface area contributed by atoms with Crippen molar-refractivity contribution in [1.82, 2.24) is 20.4 Å². The number of piperazine rings is 2. The zero-order valence-electron chi connectivity index (χ0n) is 13.8. The summed E-state index contributed by atoms with van der Waals surface area (Å²) < 4.78 is 13.4. The lowest BCUT2D eigenvalue weighted by atomic mass is 10.1. The lowest BCUT2D eigenvalue weighted by Crippen LogP contribution is -2.57. The van der Waals surface area contributed by atoms with Crippen molar-refractivity contribution in [1.29, 1.82) is 0 Å². The van der Waals surface area contributed by atoms with Crippen LogP contribution in [0.25, 0.3) is 0 Å². The van der Waals surface area contributed by atoms with E-state index in [2.05, 4.69) is 10.6 Å². The SMILES string of the molecule is O=C1CN(C(=O)C[C@@H]2C(=O)NCCN2Cc2cccc(F)c2)CCN1. The van der Waals surface area contributed by atoms with Gasteiger partial charge in [0.25, 0.3) is 0 Å². The normalized spacial score (nSPS) is 21.6. The standard InChI is InChI=1S/C17H21FN4O3/c18-13-3-1-2-12(8-13)10-21-6-5-20-17(25)14(21)9-16(24)22-7-4-19-15(23)11-22/h1-3,8,14H,4-7,9-11H2,(H,19,23)(H,20,25)/t14-/m1/s1. The molecule has 0 aliphatic carbocycles. The molecule has 0 aromatic heterocycles. The quantitative estimate of drug-likeness (QED) is 0.767. The summed E-state index contributed by atoms with van der Waals surface area (Å²) in [5, 5.41) is 5.44. The molecule has 0 unspecified atom stereocenters. The van der Waals surface area contributed by atoms with Crippen LogP contribution in [0.15, 0.2) is 24.3 Å². The third-order valence-electron chi connectivity index (χ3n) is 4.48. The van der Waals surface area contributed by atoms with Gasteiger partial charge in [0.1, 0.15) is 5.82 Å². The van der Waals surface area contributed by atoms with Gasteiger partial charge < -0.3 is 15.5 Å². The van der Waals surface area contributed by atoms with Gasteiger partial charge in [-0.25, -0.2) is 4.39 Å². The minimum Gasteiger partial charge on any atom is -0.353 e. The maximum Gasteiger partial charge on any atom is 0.239 e. The van der Waals surface area contributed by atoms with Gasteiger partial charge in [-0.2, -0.15) is 0 Å². The zero-order valence-corrected chi connectivity index (χ0v) is 13.8. The van der Waals surface area contributed by atoms with Crippen LogP contribution in [0, 0.1) is 5.82 Å². The van der Waals surface area contributed by atoms with Crippen molar-refractivity contribution in [2.75, 3.05) is 32.7 Å². The first kappa shape index (κ1) is 17.3. The monoisotopic (exact) mass is 348 g/mol. The maximum absolute atomic E-state index is 13.4. The molecule has 1 aromatic rings. The van der Waals surface area contributed by atoms with Crippen molar-refractivity contribution >= 4 is 17.7 Å². The number of nitrogens with zero attached hydrogens (tertiary/aromatic N) is 2. The van der Waals surface area contributed by atoms with Crippen LogP contribution in [0.4, 0.5) is 4.39 Å². The summed E-state index contributed by atoms with van der Waals surface area (Å²) in [4.78, 5) is 39.6. The molecule has 2 aliphatic rings. The van der Waals surface area contributed by atoms with E-state index in [1.54, 1.807) is 12.1 Å². The summed E-state index contributed by atoms with van der Waals surface area (Å²) >= 11 is 0. The summed E-state index contributed by atoms with van der Waals surface area (Å²) in [7, 11) is 0. The smallest absolute Gasteiger partial charge is 0.239 e. The highest BCUT2D eigenvalue weighted by atomic mass is 19.1. The second kappa shape index (κ2) is 7.60. The van der Waals surface area contributed by atoms with Gasteiger partial charge in [-0.15, -0.1) is 0 Å². The molecular formula is C17H21FN4O3. The zero-order chi connectivity index (χ0) is 17.8. The Balaban J connectivity index is 1.68. The van der Waals surface area contributed by atoms with Crippen LogP contribution in [0.3, 0.4) is 0 Å². The maximum atomic E-state index is 13.4. The van der Waals surface area contributed by atoms with E-state index < -0.39 is 6.04 Å². The number of halogens is 1. The summed E-state index contributed by atoms with van der Waals surface area (Å²) in [5.74, 6) is -0.950. The predicted octanol–water partition coefficient (Wildman–Crippen LogP) is -0.525. The summed E-state index contributed by atoms with van der Waals surface area (Å²) in [6.07, 6.45) is 0.00836. The number of rotatable bonds is 4. The summed E-state index contributed by atoms with van der Waals surface area (Å²) in [5.41, 5.74) is 0.754. The number of carbonyl (C=O) groups is 3. The number of nitrogens with one attached hydrogen (secondary N) is 2. The van der Waals surface area contributed by atoms with Gasteiger partial charge in [0.05, 0.1) is 19.0 Å². The molecule has 0 radical (unpaired) electrons. The van der Waals surface area contributed by atoms with Gasteiger partial charge in [0.2, 0.25) is 17.7 Å². The van der Waals surface area contributed by atoms with Crippen LogP contribution < -0.4 is 10.6 Å². The second-order valence-electron chi connectivity index (χ2n) is 6.28. The fourth-order valence-corrected chi connectivity index (χ4v) is 3.19. The molecule has 1 atom stereocenters. The lowest BCUT2D eigenvalue weighted by molar-refractivity contribution is -0.142. The molecular weight excluding hydrogens is 327 g/mol. The highest BCUT2D eigenvalue weighted by molar-refractivity contribution is 5.91. The van der Waals surface area contributed by atoms with Crippen molar-refractivity contribution in [3.8, 4) is 0 Å². The Morgan fingerprint density at radius 3 is 2.76 bits per heavy atom. The molecule has 134 valence electrons. The third kappa shape index (κ3) is 4.33. The van der Waals surface area contributed by atoms with Gasteiger partial charge in [-0.05, 0) is 17.7 Å². The van der Waals surface area contributed by atoms with Crippen molar-refractivity contribution in [2.24, 2.45) is 0 Å². The first-order chi connectivity index (χ1) is 12.0. The van der Waals surface area contributed by atoms with E-state index in [4.69, 9.17) is 0 Å². The largest absolute Gasteiger partial charge is 0.353 e. The van der Waals surface area contributed by atoms with E-state index in [1.807, 2.05) is 4.90 Å². The molecule has 0 saturated carbocycles. The van der Waals surface area contributed by atoms with Gasteiger partial charge in [-0.1, -0.05) is 12.1 Å². The molecule has 7 nitrogen and oxygen atoms in total. The molecule has 3 rings (SSSR count). The molecule has 1 aromatic carbocycles. The van der Waals surface area contributed by atoms with Gasteiger partial charge in [-0.3, -0.25) is 19.3 Å². The van der Waals surface area contributed by atoms with E-state index in [1.165, 1.54) is 17.0 Å². The van der Waals surface area contributed by atoms with Gasteiger partial charge in [0, 0.05) is 32.7 Å². The van der Waals surface area contributed by atoms with Crippen molar-refractivity contribution in [3.05, 3.63) is 35.6 Å². The Bertz CT molecular complexity index is 682. The number of amides is 3. The molecule has 2 N–H and O–H groups in total. The molecule has 25 heavy (non-hydrogen) atoms. The molecule has 8 heteroatoms. The molecule has 2 heterocycles. The van der Waals surface area contributed by atoms with Crippen LogP contribution in [0.1, 0.15) is 12.0 Å². The van der Waals surface area contributed by atoms with E-state index in [-0.39, 0.29) is 36.5 Å². The van der Waals surface area contributed by atoms with Crippen LogP contribution in [0.5, 0.6) is 0 Å². The number of benzene rings is 1. The lowest BCUT2D eigenvalue weighted by Gasteiger charge is -2.36. The van der Waals surface area contributed by atoms with Crippen molar-refractivity contribution in [2.45, 2.75) is 19.0 Å².